The van der Waals surface area contributed by atoms with Crippen LogP contribution in [-0.4, -0.2) is 37.2 Å². The van der Waals surface area contributed by atoms with Gasteiger partial charge in [-0.25, -0.2) is 0 Å². The van der Waals surface area contributed by atoms with Gasteiger partial charge in [0, 0.05) is 19.3 Å². The highest BCUT2D eigenvalue weighted by Gasteiger charge is 2.19. The molecule has 0 rings (SSSR count). The minimum absolute atomic E-state index is 0.0896. The largest absolute Gasteiger partial charge is 0.462 e. The number of hydrogen-bond donors (Lipinski definition) is 0. The Balaban J connectivity index is 4.45. The van der Waals surface area contributed by atoms with Crippen LogP contribution in [-0.2, 0) is 28.6 Å². The van der Waals surface area contributed by atoms with E-state index in [9.17, 15) is 14.4 Å². The zero-order valence-electron chi connectivity index (χ0n) is 48.1. The Morgan fingerprint density at radius 2 is 0.534 bits per heavy atom. The molecule has 6 nitrogen and oxygen atoms in total. The van der Waals surface area contributed by atoms with Crippen molar-refractivity contribution in [1.82, 2.24) is 0 Å². The van der Waals surface area contributed by atoms with Crippen LogP contribution in [0.5, 0.6) is 0 Å². The lowest BCUT2D eigenvalue weighted by molar-refractivity contribution is -0.167. The summed E-state index contributed by atoms with van der Waals surface area (Å²) in [6.45, 7) is 6.52. The number of carbonyl (C=O) groups is 3. The third-order valence-electron chi connectivity index (χ3n) is 13.4. The van der Waals surface area contributed by atoms with Gasteiger partial charge in [0.15, 0.2) is 6.10 Å². The molecule has 0 aliphatic rings. The Morgan fingerprint density at radius 3 is 0.877 bits per heavy atom. The van der Waals surface area contributed by atoms with E-state index in [0.29, 0.717) is 19.3 Å². The van der Waals surface area contributed by atoms with Crippen molar-refractivity contribution in [3.05, 3.63) is 85.1 Å². The highest BCUT2D eigenvalue weighted by molar-refractivity contribution is 5.71. The summed E-state index contributed by atoms with van der Waals surface area (Å²) in [7, 11) is 0. The molecule has 0 spiro atoms. The molecule has 1 unspecified atom stereocenters. The first kappa shape index (κ1) is 69.6. The summed E-state index contributed by atoms with van der Waals surface area (Å²) in [5.41, 5.74) is 0. The molecule has 0 heterocycles. The monoisotopic (exact) mass is 1020 g/mol. The van der Waals surface area contributed by atoms with Gasteiger partial charge in [-0.2, -0.15) is 0 Å². The van der Waals surface area contributed by atoms with E-state index < -0.39 is 6.10 Å². The predicted octanol–water partition coefficient (Wildman–Crippen LogP) is 21.1. The van der Waals surface area contributed by atoms with Gasteiger partial charge in [-0.3, -0.25) is 14.4 Å². The second-order valence-corrected chi connectivity index (χ2v) is 20.6. The molecular weight excluding hydrogens is 901 g/mol. The van der Waals surface area contributed by atoms with Gasteiger partial charge < -0.3 is 14.2 Å². The van der Waals surface area contributed by atoms with E-state index in [-0.39, 0.29) is 31.1 Å². The van der Waals surface area contributed by atoms with Crippen LogP contribution >= 0.6 is 0 Å². The Morgan fingerprint density at radius 1 is 0.288 bits per heavy atom. The number of esters is 3. The fraction of sp³-hybridized carbons (Fsp3) is 0.746. The van der Waals surface area contributed by atoms with Crippen molar-refractivity contribution >= 4 is 17.9 Å². The molecule has 0 bridgehead atoms. The molecular formula is C67H116O6. The van der Waals surface area contributed by atoms with E-state index in [1.807, 2.05) is 0 Å². The molecule has 6 heteroatoms. The summed E-state index contributed by atoms with van der Waals surface area (Å²) < 4.78 is 16.9. The molecule has 0 fully saturated rings. The number of unbranched alkanes of at least 4 members (excludes halogenated alkanes) is 31. The molecule has 0 radical (unpaired) electrons. The Labute approximate surface area is 452 Å². The van der Waals surface area contributed by atoms with E-state index in [4.69, 9.17) is 14.2 Å². The summed E-state index contributed by atoms with van der Waals surface area (Å²) in [6, 6.07) is 0. The van der Waals surface area contributed by atoms with Gasteiger partial charge >= 0.3 is 17.9 Å². The van der Waals surface area contributed by atoms with Gasteiger partial charge in [-0.15, -0.1) is 0 Å². The maximum atomic E-state index is 12.9. The second kappa shape index (κ2) is 61.1. The van der Waals surface area contributed by atoms with Crippen molar-refractivity contribution in [2.75, 3.05) is 13.2 Å². The fourth-order valence-corrected chi connectivity index (χ4v) is 8.74. The summed E-state index contributed by atoms with van der Waals surface area (Å²) in [4.78, 5) is 38.3. The van der Waals surface area contributed by atoms with Crippen molar-refractivity contribution in [2.24, 2.45) is 0 Å². The number of ether oxygens (including phenoxy) is 3. The SMILES string of the molecule is CC/C=C\C/C=C\C/C=C\C/C=C\C/C=C\C/C=C\CCCCC(=O)OCC(COC(=O)CCCCCCCCCCCCCCCCCC)OC(=O)CCCCCCCCC/C=C\CCCCCCCCC. The number of allylic oxidation sites excluding steroid dienone is 14. The van der Waals surface area contributed by atoms with E-state index in [2.05, 4.69) is 106 Å². The molecule has 0 aromatic heterocycles. The van der Waals surface area contributed by atoms with Gasteiger partial charge in [-0.1, -0.05) is 273 Å². The summed E-state index contributed by atoms with van der Waals surface area (Å²) in [5.74, 6) is -0.927. The molecule has 0 aliphatic heterocycles. The molecule has 0 aromatic carbocycles. The minimum atomic E-state index is -0.797. The zero-order valence-corrected chi connectivity index (χ0v) is 48.1. The first-order valence-corrected chi connectivity index (χ1v) is 31.1. The van der Waals surface area contributed by atoms with E-state index in [0.717, 1.165) is 96.3 Å². The van der Waals surface area contributed by atoms with E-state index >= 15 is 0 Å². The molecule has 73 heavy (non-hydrogen) atoms. The number of carbonyl (C=O) groups excluding carboxylic acids is 3. The van der Waals surface area contributed by atoms with Crippen molar-refractivity contribution in [3.63, 3.8) is 0 Å². The maximum absolute atomic E-state index is 12.9. The van der Waals surface area contributed by atoms with Crippen molar-refractivity contribution in [1.29, 1.82) is 0 Å². The molecule has 420 valence electrons. The zero-order chi connectivity index (χ0) is 52.9. The van der Waals surface area contributed by atoms with E-state index in [1.54, 1.807) is 0 Å². The summed E-state index contributed by atoms with van der Waals surface area (Å²) in [6.07, 6.45) is 80.1. The van der Waals surface area contributed by atoms with Crippen LogP contribution in [0.3, 0.4) is 0 Å². The number of hydrogen-bond acceptors (Lipinski definition) is 6. The first-order chi connectivity index (χ1) is 36.0. The first-order valence-electron chi connectivity index (χ1n) is 31.1. The third-order valence-corrected chi connectivity index (χ3v) is 13.4. The van der Waals surface area contributed by atoms with Gasteiger partial charge in [0.1, 0.15) is 13.2 Å². The lowest BCUT2D eigenvalue weighted by Crippen LogP contribution is -2.30. The lowest BCUT2D eigenvalue weighted by atomic mass is 10.0. The molecule has 1 atom stereocenters. The highest BCUT2D eigenvalue weighted by Crippen LogP contribution is 2.16. The molecule has 0 amide bonds. The van der Waals surface area contributed by atoms with Crippen LogP contribution in [0.1, 0.15) is 303 Å². The molecule has 0 N–H and O–H groups in total. The van der Waals surface area contributed by atoms with Gasteiger partial charge in [-0.05, 0) is 96.3 Å². The van der Waals surface area contributed by atoms with Crippen molar-refractivity contribution < 1.29 is 28.6 Å². The normalized spacial score (nSPS) is 12.6. The van der Waals surface area contributed by atoms with Crippen molar-refractivity contribution in [2.45, 2.75) is 309 Å². The summed E-state index contributed by atoms with van der Waals surface area (Å²) >= 11 is 0. The van der Waals surface area contributed by atoms with Crippen LogP contribution < -0.4 is 0 Å². The maximum Gasteiger partial charge on any atom is 0.306 e. The average molecular weight is 1020 g/mol. The Kier molecular flexibility index (Phi) is 58.3. The second-order valence-electron chi connectivity index (χ2n) is 20.6. The molecule has 0 saturated carbocycles. The summed E-state index contributed by atoms with van der Waals surface area (Å²) in [5, 5.41) is 0. The standard InChI is InChI=1S/C67H116O6/c1-4-7-10-13-16-19-22-25-28-31-33-34-35-37-39-42-45-48-51-54-57-60-66(69)72-63-64(62-71-65(68)59-56-53-50-47-44-41-38-30-27-24-21-18-15-12-9-6-3)73-67(70)61-58-55-52-49-46-43-40-36-32-29-26-23-20-17-14-11-8-5-2/h7,10,16,19,25,28-29,32-34,37,39,45,48,64H,4-6,8-9,11-15,17-18,20-24,26-27,30-31,35-36,38,40-44,46-47,49-63H2,1-3H3/b10-7-,19-16-,28-25-,32-29-,34-33-,39-37-,48-45-. The smallest absolute Gasteiger partial charge is 0.306 e. The van der Waals surface area contributed by atoms with Crippen LogP contribution in [0.25, 0.3) is 0 Å². The molecule has 0 aromatic rings. The van der Waals surface area contributed by atoms with Crippen LogP contribution in [0.15, 0.2) is 85.1 Å². The highest BCUT2D eigenvalue weighted by atomic mass is 16.6. The third kappa shape index (κ3) is 59.3. The quantitative estimate of drug-likeness (QED) is 0.0261. The van der Waals surface area contributed by atoms with Crippen LogP contribution in [0.4, 0.5) is 0 Å². The minimum Gasteiger partial charge on any atom is -0.462 e. The molecule has 0 saturated heterocycles. The molecule has 0 aliphatic carbocycles. The predicted molar refractivity (Wildman–Crippen MR) is 316 cm³/mol. The lowest BCUT2D eigenvalue weighted by Gasteiger charge is -2.18. The van der Waals surface area contributed by atoms with Gasteiger partial charge in [0.05, 0.1) is 0 Å². The van der Waals surface area contributed by atoms with Crippen LogP contribution in [0.2, 0.25) is 0 Å². The van der Waals surface area contributed by atoms with Gasteiger partial charge in [0.2, 0.25) is 0 Å². The average Bonchev–Trinajstić information content (AvgIpc) is 3.39. The fourth-order valence-electron chi connectivity index (χ4n) is 8.74. The Bertz CT molecular complexity index is 1400. The number of rotatable bonds is 56. The van der Waals surface area contributed by atoms with Gasteiger partial charge in [0.25, 0.3) is 0 Å². The Hall–Kier alpha value is -3.41. The van der Waals surface area contributed by atoms with Crippen molar-refractivity contribution in [3.8, 4) is 0 Å². The van der Waals surface area contributed by atoms with E-state index in [1.165, 1.54) is 167 Å². The topological polar surface area (TPSA) is 78.9 Å². The van der Waals surface area contributed by atoms with Crippen LogP contribution in [0, 0.1) is 0 Å².